The summed E-state index contributed by atoms with van der Waals surface area (Å²) in [6, 6.07) is 15.8. The molecule has 2 aromatic carbocycles. The molecule has 1 N–H and O–H groups in total. The fraction of sp³-hybridized carbons (Fsp3) is 0.261. The molecule has 1 amide bonds. The lowest BCUT2D eigenvalue weighted by Crippen LogP contribution is -2.38. The van der Waals surface area contributed by atoms with E-state index < -0.39 is 0 Å². The van der Waals surface area contributed by atoms with Gasteiger partial charge in [0.25, 0.3) is 0 Å². The Bertz CT molecular complexity index is 1060. The van der Waals surface area contributed by atoms with Crippen LogP contribution in [-0.2, 0) is 24.3 Å². The summed E-state index contributed by atoms with van der Waals surface area (Å²) in [5.41, 5.74) is 3.09. The lowest BCUT2D eigenvalue weighted by molar-refractivity contribution is -0.121. The first kappa shape index (κ1) is 18.4. The van der Waals surface area contributed by atoms with Crippen molar-refractivity contribution in [3.63, 3.8) is 0 Å². The predicted octanol–water partition coefficient (Wildman–Crippen LogP) is 2.90. The highest BCUT2D eigenvalue weighted by Crippen LogP contribution is 2.32. The fourth-order valence-corrected chi connectivity index (χ4v) is 3.91. The van der Waals surface area contributed by atoms with Crippen molar-refractivity contribution in [2.75, 3.05) is 6.61 Å². The van der Waals surface area contributed by atoms with Gasteiger partial charge in [-0.2, -0.15) is 0 Å². The van der Waals surface area contributed by atoms with Crippen LogP contribution in [0.1, 0.15) is 17.5 Å². The minimum atomic E-state index is -0.251. The fourth-order valence-electron chi connectivity index (χ4n) is 3.91. The highest BCUT2D eigenvalue weighted by atomic mass is 16.5. The molecule has 3 heterocycles. The number of rotatable bonds is 7. The molecule has 7 nitrogen and oxygen atoms in total. The van der Waals surface area contributed by atoms with E-state index in [0.29, 0.717) is 25.5 Å². The van der Waals surface area contributed by atoms with Gasteiger partial charge in [0.15, 0.2) is 0 Å². The molecule has 0 bridgehead atoms. The first-order chi connectivity index (χ1) is 14.8. The molecule has 0 saturated carbocycles. The van der Waals surface area contributed by atoms with Gasteiger partial charge in [0.2, 0.25) is 11.9 Å². The van der Waals surface area contributed by atoms with E-state index in [0.717, 1.165) is 35.5 Å². The average Bonchev–Trinajstić information content (AvgIpc) is 3.38. The zero-order valence-corrected chi connectivity index (χ0v) is 16.6. The molecule has 0 spiro atoms. The molecule has 1 fully saturated rings. The summed E-state index contributed by atoms with van der Waals surface area (Å²) in [6.07, 6.45) is 7.10. The van der Waals surface area contributed by atoms with Crippen molar-refractivity contribution in [2.45, 2.75) is 32.0 Å². The van der Waals surface area contributed by atoms with Crippen LogP contribution in [0.5, 0.6) is 5.75 Å². The number of nitrogens with zero attached hydrogens (tertiary/aromatic N) is 4. The van der Waals surface area contributed by atoms with Crippen molar-refractivity contribution < 1.29 is 9.53 Å². The lowest BCUT2D eigenvalue weighted by atomic mass is 10.0. The van der Waals surface area contributed by atoms with Crippen molar-refractivity contribution in [1.29, 1.82) is 0 Å². The summed E-state index contributed by atoms with van der Waals surface area (Å²) in [6.45, 7) is 2.14. The van der Waals surface area contributed by atoms with Crippen molar-refractivity contribution in [3.8, 4) is 5.75 Å². The Labute approximate surface area is 175 Å². The molecule has 2 aliphatic heterocycles. The van der Waals surface area contributed by atoms with Crippen LogP contribution in [0.3, 0.4) is 0 Å². The van der Waals surface area contributed by atoms with Gasteiger partial charge in [0, 0.05) is 37.5 Å². The van der Waals surface area contributed by atoms with E-state index in [-0.39, 0.29) is 11.9 Å². The van der Waals surface area contributed by atoms with Crippen LogP contribution >= 0.6 is 0 Å². The number of ether oxygens (including phenoxy) is 1. The smallest absolute Gasteiger partial charge is 0.249 e. The molecule has 0 aliphatic carbocycles. The number of nitrogens with one attached hydrogen (secondary N) is 1. The minimum Gasteiger partial charge on any atom is -0.494 e. The number of aryl methyl sites for hydroxylation is 1. The number of guanidine groups is 1. The third-order valence-corrected chi connectivity index (χ3v) is 5.46. The van der Waals surface area contributed by atoms with E-state index >= 15 is 0 Å². The summed E-state index contributed by atoms with van der Waals surface area (Å²) >= 11 is 0. The zero-order valence-electron chi connectivity index (χ0n) is 16.6. The van der Waals surface area contributed by atoms with Crippen molar-refractivity contribution >= 4 is 17.6 Å². The molecule has 5 rings (SSSR count). The van der Waals surface area contributed by atoms with Crippen LogP contribution in [0.25, 0.3) is 0 Å². The summed E-state index contributed by atoms with van der Waals surface area (Å²) in [5.74, 6) is 1.47. The predicted molar refractivity (Wildman–Crippen MR) is 113 cm³/mol. The second-order valence-corrected chi connectivity index (χ2v) is 7.55. The number of fused-ring (bicyclic) bond motifs is 2. The van der Waals surface area contributed by atoms with E-state index in [9.17, 15) is 4.79 Å². The molecule has 2 aliphatic rings. The first-order valence-electron chi connectivity index (χ1n) is 10.2. The summed E-state index contributed by atoms with van der Waals surface area (Å²) < 4.78 is 7.98. The van der Waals surface area contributed by atoms with Crippen LogP contribution in [0.15, 0.2) is 72.2 Å². The van der Waals surface area contributed by atoms with Crippen LogP contribution in [0.2, 0.25) is 0 Å². The van der Waals surface area contributed by atoms with Gasteiger partial charge in [-0.25, -0.2) is 9.98 Å². The SMILES string of the molecule is O=C1NC2=Nc3ccc(OCCCn4ccnc4)cc3CN2C1Cc1ccccc1. The second-order valence-electron chi connectivity index (χ2n) is 7.55. The molecule has 1 aromatic heterocycles. The third kappa shape index (κ3) is 3.78. The zero-order chi connectivity index (χ0) is 20.3. The van der Waals surface area contributed by atoms with Gasteiger partial charge in [0.1, 0.15) is 11.8 Å². The Morgan fingerprint density at radius 1 is 1.17 bits per heavy atom. The molecular formula is C23H23N5O2. The van der Waals surface area contributed by atoms with Crippen LogP contribution < -0.4 is 10.1 Å². The largest absolute Gasteiger partial charge is 0.494 e. The van der Waals surface area contributed by atoms with E-state index in [1.165, 1.54) is 0 Å². The molecule has 1 atom stereocenters. The molecule has 7 heteroatoms. The summed E-state index contributed by atoms with van der Waals surface area (Å²) in [4.78, 5) is 23.3. The van der Waals surface area contributed by atoms with Gasteiger partial charge in [0.05, 0.1) is 18.6 Å². The van der Waals surface area contributed by atoms with E-state index in [2.05, 4.69) is 32.3 Å². The number of hydrogen-bond donors (Lipinski definition) is 1. The number of hydrogen-bond acceptors (Lipinski definition) is 5. The number of carbonyl (C=O) groups excluding carboxylic acids is 1. The molecule has 3 aromatic rings. The van der Waals surface area contributed by atoms with E-state index in [1.54, 1.807) is 6.20 Å². The maximum Gasteiger partial charge on any atom is 0.249 e. The number of carbonyl (C=O) groups is 1. The Hall–Kier alpha value is -3.61. The standard InChI is InChI=1S/C23H23N5O2/c29-22-21(13-17-5-2-1-3-6-17)28-15-18-14-19(7-8-20(18)25-23(28)26-22)30-12-4-10-27-11-9-24-16-27/h1-3,5-9,11,14,16,21H,4,10,12-13,15H2,(H,25,26,29). The molecule has 30 heavy (non-hydrogen) atoms. The first-order valence-corrected chi connectivity index (χ1v) is 10.2. The van der Waals surface area contributed by atoms with Crippen LogP contribution in [-0.4, -0.2) is 39.0 Å². The van der Waals surface area contributed by atoms with Crippen molar-refractivity contribution in [3.05, 3.63) is 78.4 Å². The highest BCUT2D eigenvalue weighted by Gasteiger charge is 2.39. The van der Waals surface area contributed by atoms with Crippen LogP contribution in [0, 0.1) is 0 Å². The number of aliphatic imine (C=N–C) groups is 1. The van der Waals surface area contributed by atoms with Crippen molar-refractivity contribution in [2.24, 2.45) is 4.99 Å². The van der Waals surface area contributed by atoms with Crippen molar-refractivity contribution in [1.82, 2.24) is 19.8 Å². The van der Waals surface area contributed by atoms with E-state index in [1.807, 2.05) is 53.5 Å². The summed E-state index contributed by atoms with van der Waals surface area (Å²) in [5, 5.41) is 2.94. The molecular weight excluding hydrogens is 378 g/mol. The quantitative estimate of drug-likeness (QED) is 0.618. The van der Waals surface area contributed by atoms with Gasteiger partial charge in [-0.05, 0) is 30.2 Å². The van der Waals surface area contributed by atoms with Gasteiger partial charge >= 0.3 is 0 Å². The summed E-state index contributed by atoms with van der Waals surface area (Å²) in [7, 11) is 0. The Morgan fingerprint density at radius 3 is 2.90 bits per heavy atom. The Morgan fingerprint density at radius 2 is 2.07 bits per heavy atom. The maximum absolute atomic E-state index is 12.6. The molecule has 152 valence electrons. The highest BCUT2D eigenvalue weighted by molar-refractivity contribution is 6.07. The average molecular weight is 401 g/mol. The lowest BCUT2D eigenvalue weighted by Gasteiger charge is -2.28. The number of aromatic nitrogens is 2. The third-order valence-electron chi connectivity index (χ3n) is 5.46. The minimum absolute atomic E-state index is 0.00128. The van der Waals surface area contributed by atoms with Gasteiger partial charge < -0.3 is 14.2 Å². The second kappa shape index (κ2) is 8.02. The Kier molecular flexibility index (Phi) is 4.93. The molecule has 1 saturated heterocycles. The molecule has 1 unspecified atom stereocenters. The monoisotopic (exact) mass is 401 g/mol. The van der Waals surface area contributed by atoms with E-state index in [4.69, 9.17) is 4.74 Å². The number of benzene rings is 2. The van der Waals surface area contributed by atoms with Crippen LogP contribution in [0.4, 0.5) is 5.69 Å². The van der Waals surface area contributed by atoms with Gasteiger partial charge in [-0.3, -0.25) is 10.1 Å². The van der Waals surface area contributed by atoms with Gasteiger partial charge in [-0.15, -0.1) is 0 Å². The number of imidazole rings is 1. The Balaban J connectivity index is 1.25. The topological polar surface area (TPSA) is 71.7 Å². The van der Waals surface area contributed by atoms with Gasteiger partial charge in [-0.1, -0.05) is 30.3 Å². The molecule has 0 radical (unpaired) electrons. The number of amides is 1. The normalized spacial score (nSPS) is 17.2. The maximum atomic E-state index is 12.6.